The molecular formula is C14H19NO2. The summed E-state index contributed by atoms with van der Waals surface area (Å²) >= 11 is 0. The number of ketones is 1. The van der Waals surface area contributed by atoms with Crippen molar-refractivity contribution in [2.45, 2.75) is 19.8 Å². The Morgan fingerprint density at radius 2 is 2.24 bits per heavy atom. The average Bonchev–Trinajstić information content (AvgIpc) is 2.39. The minimum absolute atomic E-state index is 0.103. The Labute approximate surface area is 102 Å². The van der Waals surface area contributed by atoms with E-state index < -0.39 is 0 Å². The summed E-state index contributed by atoms with van der Waals surface area (Å²) in [5.74, 6) is 0.440. The molecule has 1 N–H and O–H groups in total. The number of rotatable bonds is 3. The van der Waals surface area contributed by atoms with E-state index in [-0.39, 0.29) is 12.4 Å². The minimum Gasteiger partial charge on any atom is -0.396 e. The molecule has 1 heterocycles. The van der Waals surface area contributed by atoms with Crippen molar-refractivity contribution in [3.05, 3.63) is 29.8 Å². The van der Waals surface area contributed by atoms with Crippen LogP contribution in [0.25, 0.3) is 0 Å². The molecule has 1 aromatic rings. The molecule has 0 bridgehead atoms. The van der Waals surface area contributed by atoms with Crippen molar-refractivity contribution in [1.29, 1.82) is 0 Å². The first-order valence-corrected chi connectivity index (χ1v) is 6.18. The van der Waals surface area contributed by atoms with Crippen LogP contribution in [0.15, 0.2) is 24.3 Å². The smallest absolute Gasteiger partial charge is 0.161 e. The third-order valence-electron chi connectivity index (χ3n) is 3.40. The monoisotopic (exact) mass is 233 g/mol. The lowest BCUT2D eigenvalue weighted by Gasteiger charge is -2.34. The Bertz CT molecular complexity index is 403. The standard InChI is InChI=1S/C14H19NO2/c1-11(17)13-6-2-3-7-14(13)15-8-4-5-12(9-15)10-16/h2-3,6-7,12,16H,4-5,8-10H2,1H3. The Morgan fingerprint density at radius 1 is 1.47 bits per heavy atom. The Morgan fingerprint density at radius 3 is 2.94 bits per heavy atom. The molecule has 0 aliphatic carbocycles. The maximum absolute atomic E-state index is 11.6. The second kappa shape index (κ2) is 5.32. The molecule has 17 heavy (non-hydrogen) atoms. The molecule has 3 heteroatoms. The molecule has 1 unspecified atom stereocenters. The first kappa shape index (κ1) is 12.1. The number of piperidine rings is 1. The van der Waals surface area contributed by atoms with Gasteiger partial charge in [0, 0.05) is 30.9 Å². The first-order valence-electron chi connectivity index (χ1n) is 6.18. The van der Waals surface area contributed by atoms with Gasteiger partial charge in [0.15, 0.2) is 5.78 Å². The van der Waals surface area contributed by atoms with Crippen LogP contribution in [0, 0.1) is 5.92 Å². The maximum Gasteiger partial charge on any atom is 0.161 e. The number of nitrogens with zero attached hydrogens (tertiary/aromatic N) is 1. The van der Waals surface area contributed by atoms with Gasteiger partial charge in [-0.3, -0.25) is 4.79 Å². The van der Waals surface area contributed by atoms with Crippen molar-refractivity contribution in [3.8, 4) is 0 Å². The van der Waals surface area contributed by atoms with Gasteiger partial charge < -0.3 is 10.0 Å². The van der Waals surface area contributed by atoms with E-state index in [1.165, 1.54) is 0 Å². The fraction of sp³-hybridized carbons (Fsp3) is 0.500. The average molecular weight is 233 g/mol. The molecule has 1 fully saturated rings. The van der Waals surface area contributed by atoms with Crippen molar-refractivity contribution in [2.24, 2.45) is 5.92 Å². The lowest BCUT2D eigenvalue weighted by atomic mass is 9.97. The van der Waals surface area contributed by atoms with Gasteiger partial charge in [0.2, 0.25) is 0 Å². The van der Waals surface area contributed by atoms with Crippen LogP contribution < -0.4 is 4.90 Å². The highest BCUT2D eigenvalue weighted by Gasteiger charge is 2.21. The van der Waals surface area contributed by atoms with Gasteiger partial charge in [-0.05, 0) is 37.8 Å². The van der Waals surface area contributed by atoms with Crippen LogP contribution in [0.2, 0.25) is 0 Å². The van der Waals surface area contributed by atoms with E-state index in [9.17, 15) is 9.90 Å². The summed E-state index contributed by atoms with van der Waals surface area (Å²) in [6.45, 7) is 3.66. The Kier molecular flexibility index (Phi) is 3.79. The molecular weight excluding hydrogens is 214 g/mol. The third-order valence-corrected chi connectivity index (χ3v) is 3.40. The highest BCUT2D eigenvalue weighted by atomic mass is 16.3. The second-order valence-corrected chi connectivity index (χ2v) is 4.71. The highest BCUT2D eigenvalue weighted by molar-refractivity contribution is 5.99. The van der Waals surface area contributed by atoms with Gasteiger partial charge in [0.05, 0.1) is 0 Å². The minimum atomic E-state index is 0.103. The number of aliphatic hydroxyl groups is 1. The van der Waals surface area contributed by atoms with E-state index in [4.69, 9.17) is 0 Å². The van der Waals surface area contributed by atoms with Gasteiger partial charge in [0.1, 0.15) is 0 Å². The second-order valence-electron chi connectivity index (χ2n) is 4.71. The van der Waals surface area contributed by atoms with Gasteiger partial charge >= 0.3 is 0 Å². The number of anilines is 1. The van der Waals surface area contributed by atoms with Crippen molar-refractivity contribution >= 4 is 11.5 Å². The maximum atomic E-state index is 11.6. The van der Waals surface area contributed by atoms with Crippen molar-refractivity contribution < 1.29 is 9.90 Å². The number of carbonyl (C=O) groups excluding carboxylic acids is 1. The van der Waals surface area contributed by atoms with Crippen molar-refractivity contribution in [3.63, 3.8) is 0 Å². The van der Waals surface area contributed by atoms with E-state index in [0.29, 0.717) is 5.92 Å². The highest BCUT2D eigenvalue weighted by Crippen LogP contribution is 2.26. The number of para-hydroxylation sites is 1. The molecule has 2 rings (SSSR count). The van der Waals surface area contributed by atoms with Crippen molar-refractivity contribution in [1.82, 2.24) is 0 Å². The molecule has 92 valence electrons. The van der Waals surface area contributed by atoms with Gasteiger partial charge in [-0.15, -0.1) is 0 Å². The van der Waals surface area contributed by atoms with E-state index in [2.05, 4.69) is 4.90 Å². The molecule has 0 aromatic heterocycles. The van der Waals surface area contributed by atoms with Crippen LogP contribution >= 0.6 is 0 Å². The van der Waals surface area contributed by atoms with E-state index in [1.807, 2.05) is 24.3 Å². The zero-order chi connectivity index (χ0) is 12.3. The summed E-state index contributed by atoms with van der Waals surface area (Å²) < 4.78 is 0. The number of hydrogen-bond donors (Lipinski definition) is 1. The molecule has 0 radical (unpaired) electrons. The summed E-state index contributed by atoms with van der Waals surface area (Å²) in [5, 5.41) is 9.24. The van der Waals surface area contributed by atoms with Crippen molar-refractivity contribution in [2.75, 3.05) is 24.6 Å². The molecule has 0 saturated carbocycles. The molecule has 3 nitrogen and oxygen atoms in total. The number of aliphatic hydroxyl groups excluding tert-OH is 1. The summed E-state index contributed by atoms with van der Waals surface area (Å²) in [6.07, 6.45) is 2.16. The van der Waals surface area contributed by atoms with Gasteiger partial charge in [-0.25, -0.2) is 0 Å². The van der Waals surface area contributed by atoms with E-state index >= 15 is 0 Å². The molecule has 1 saturated heterocycles. The fourth-order valence-electron chi connectivity index (χ4n) is 2.48. The van der Waals surface area contributed by atoms with E-state index in [0.717, 1.165) is 37.2 Å². The predicted octanol–water partition coefficient (Wildman–Crippen LogP) is 2.10. The normalized spacial score (nSPS) is 20.4. The summed E-state index contributed by atoms with van der Waals surface area (Å²) in [7, 11) is 0. The zero-order valence-electron chi connectivity index (χ0n) is 10.2. The molecule has 1 atom stereocenters. The van der Waals surface area contributed by atoms with Crippen LogP contribution in [0.3, 0.4) is 0 Å². The zero-order valence-corrected chi connectivity index (χ0v) is 10.2. The van der Waals surface area contributed by atoms with Gasteiger partial charge in [-0.1, -0.05) is 12.1 Å². The van der Waals surface area contributed by atoms with Gasteiger partial charge in [-0.2, -0.15) is 0 Å². The largest absolute Gasteiger partial charge is 0.396 e. The molecule has 1 aliphatic rings. The van der Waals surface area contributed by atoms with Crippen LogP contribution in [0.1, 0.15) is 30.1 Å². The summed E-state index contributed by atoms with van der Waals surface area (Å²) in [4.78, 5) is 13.8. The number of Topliss-reactive ketones (excluding diaryl/α,β-unsaturated/α-hetero) is 1. The summed E-state index contributed by atoms with van der Waals surface area (Å²) in [5.41, 5.74) is 1.80. The van der Waals surface area contributed by atoms with E-state index in [1.54, 1.807) is 6.92 Å². The first-order chi connectivity index (χ1) is 8.22. The topological polar surface area (TPSA) is 40.5 Å². The van der Waals surface area contributed by atoms with Crippen LogP contribution in [0.4, 0.5) is 5.69 Å². The molecule has 1 aliphatic heterocycles. The quantitative estimate of drug-likeness (QED) is 0.813. The van der Waals surface area contributed by atoms with Crippen LogP contribution in [-0.2, 0) is 0 Å². The number of carbonyl (C=O) groups is 1. The van der Waals surface area contributed by atoms with Gasteiger partial charge in [0.25, 0.3) is 0 Å². The molecule has 0 spiro atoms. The predicted molar refractivity (Wildman–Crippen MR) is 68.5 cm³/mol. The Balaban J connectivity index is 2.24. The van der Waals surface area contributed by atoms with Crippen LogP contribution in [0.5, 0.6) is 0 Å². The fourth-order valence-corrected chi connectivity index (χ4v) is 2.48. The Hall–Kier alpha value is -1.35. The lowest BCUT2D eigenvalue weighted by molar-refractivity contribution is 0.101. The summed E-state index contributed by atoms with van der Waals surface area (Å²) in [6, 6.07) is 7.73. The molecule has 0 amide bonds. The molecule has 1 aromatic carbocycles. The number of benzene rings is 1. The van der Waals surface area contributed by atoms with Crippen LogP contribution in [-0.4, -0.2) is 30.6 Å². The number of hydrogen-bond acceptors (Lipinski definition) is 3. The lowest BCUT2D eigenvalue weighted by Crippen LogP contribution is -2.37. The third kappa shape index (κ3) is 2.67. The SMILES string of the molecule is CC(=O)c1ccccc1N1CCCC(CO)C1.